The SMILES string of the molecule is Fc1ccc(C2CCC3(CCCC(c4ccc5ccccc5c4)C3)C2)cc1. The highest BCUT2D eigenvalue weighted by atomic mass is 19.1. The molecule has 0 aromatic heterocycles. The van der Waals surface area contributed by atoms with E-state index >= 15 is 0 Å². The summed E-state index contributed by atoms with van der Waals surface area (Å²) in [5.41, 5.74) is 3.35. The van der Waals surface area contributed by atoms with E-state index in [1.165, 1.54) is 66.8 Å². The summed E-state index contributed by atoms with van der Waals surface area (Å²) in [6, 6.07) is 23.0. The van der Waals surface area contributed by atoms with E-state index in [4.69, 9.17) is 0 Å². The van der Waals surface area contributed by atoms with Gasteiger partial charge in [0.15, 0.2) is 0 Å². The van der Waals surface area contributed by atoms with Crippen LogP contribution in [0.4, 0.5) is 4.39 Å². The third kappa shape index (κ3) is 3.29. The fourth-order valence-corrected chi connectivity index (χ4v) is 5.84. The molecule has 1 spiro atoms. The van der Waals surface area contributed by atoms with Gasteiger partial charge in [-0.05, 0) is 89.8 Å². The number of benzene rings is 3. The molecular formula is C26H27F. The predicted molar refractivity (Wildman–Crippen MR) is 111 cm³/mol. The van der Waals surface area contributed by atoms with Crippen LogP contribution in [0.5, 0.6) is 0 Å². The van der Waals surface area contributed by atoms with Gasteiger partial charge in [-0.15, -0.1) is 0 Å². The summed E-state index contributed by atoms with van der Waals surface area (Å²) in [4.78, 5) is 0. The molecule has 1 heteroatoms. The fraction of sp³-hybridized carbons (Fsp3) is 0.385. The zero-order chi connectivity index (χ0) is 18.3. The van der Waals surface area contributed by atoms with Gasteiger partial charge in [-0.1, -0.05) is 61.0 Å². The summed E-state index contributed by atoms with van der Waals surface area (Å²) < 4.78 is 13.3. The van der Waals surface area contributed by atoms with Crippen molar-refractivity contribution in [3.63, 3.8) is 0 Å². The van der Waals surface area contributed by atoms with Gasteiger partial charge >= 0.3 is 0 Å². The minimum atomic E-state index is -0.125. The van der Waals surface area contributed by atoms with E-state index in [0.717, 1.165) is 0 Å². The highest BCUT2D eigenvalue weighted by Crippen LogP contribution is 2.57. The van der Waals surface area contributed by atoms with Crippen LogP contribution < -0.4 is 0 Å². The second-order valence-corrected chi connectivity index (χ2v) is 8.89. The van der Waals surface area contributed by atoms with Gasteiger partial charge in [0.1, 0.15) is 5.82 Å². The highest BCUT2D eigenvalue weighted by Gasteiger charge is 2.43. The lowest BCUT2D eigenvalue weighted by molar-refractivity contribution is 0.174. The Morgan fingerprint density at radius 3 is 2.22 bits per heavy atom. The number of fused-ring (bicyclic) bond motifs is 1. The molecule has 0 radical (unpaired) electrons. The molecule has 0 aliphatic heterocycles. The second-order valence-electron chi connectivity index (χ2n) is 8.89. The van der Waals surface area contributed by atoms with Crippen LogP contribution in [-0.4, -0.2) is 0 Å². The summed E-state index contributed by atoms with van der Waals surface area (Å²) >= 11 is 0. The minimum absolute atomic E-state index is 0.125. The zero-order valence-electron chi connectivity index (χ0n) is 15.8. The molecule has 138 valence electrons. The molecule has 0 saturated heterocycles. The van der Waals surface area contributed by atoms with E-state index < -0.39 is 0 Å². The lowest BCUT2D eigenvalue weighted by atomic mass is 9.66. The second kappa shape index (κ2) is 6.78. The lowest BCUT2D eigenvalue weighted by Gasteiger charge is -2.39. The quantitative estimate of drug-likeness (QED) is 0.442. The van der Waals surface area contributed by atoms with Gasteiger partial charge in [-0.3, -0.25) is 0 Å². The lowest BCUT2D eigenvalue weighted by Crippen LogP contribution is -2.25. The van der Waals surface area contributed by atoms with E-state index in [-0.39, 0.29) is 5.82 Å². The van der Waals surface area contributed by atoms with Crippen LogP contribution in [0.25, 0.3) is 10.8 Å². The summed E-state index contributed by atoms with van der Waals surface area (Å²) in [5, 5.41) is 2.70. The van der Waals surface area contributed by atoms with Crippen molar-refractivity contribution < 1.29 is 4.39 Å². The smallest absolute Gasteiger partial charge is 0.123 e. The summed E-state index contributed by atoms with van der Waals surface area (Å²) in [7, 11) is 0. The fourth-order valence-electron chi connectivity index (χ4n) is 5.84. The standard InChI is InChI=1S/C26H27F/c27-25-11-9-20(10-12-25)24-13-15-26(18-24)14-3-6-23(17-26)22-8-7-19-4-1-2-5-21(19)16-22/h1-2,4-5,7-12,16,23-24H,3,6,13-15,17-18H2. The molecule has 2 aliphatic carbocycles. The summed E-state index contributed by atoms with van der Waals surface area (Å²) in [5.74, 6) is 1.18. The molecule has 5 rings (SSSR count). The van der Waals surface area contributed by atoms with Crippen LogP contribution in [-0.2, 0) is 0 Å². The number of hydrogen-bond donors (Lipinski definition) is 0. The van der Waals surface area contributed by atoms with Gasteiger partial charge in [0.05, 0.1) is 0 Å². The normalized spacial score (nSPS) is 28.0. The van der Waals surface area contributed by atoms with Crippen molar-refractivity contribution in [1.82, 2.24) is 0 Å². The molecular weight excluding hydrogens is 331 g/mol. The van der Waals surface area contributed by atoms with Gasteiger partial charge in [-0.2, -0.15) is 0 Å². The monoisotopic (exact) mass is 358 g/mol. The topological polar surface area (TPSA) is 0 Å². The molecule has 0 nitrogen and oxygen atoms in total. The Hall–Kier alpha value is -2.15. The van der Waals surface area contributed by atoms with Crippen LogP contribution >= 0.6 is 0 Å². The molecule has 0 N–H and O–H groups in total. The summed E-state index contributed by atoms with van der Waals surface area (Å²) in [6.07, 6.45) is 9.23. The van der Waals surface area contributed by atoms with Crippen molar-refractivity contribution in [3.05, 3.63) is 83.7 Å². The van der Waals surface area contributed by atoms with Gasteiger partial charge in [-0.25, -0.2) is 4.39 Å². The van der Waals surface area contributed by atoms with Gasteiger partial charge < -0.3 is 0 Å². The Kier molecular flexibility index (Phi) is 4.27. The van der Waals surface area contributed by atoms with Crippen molar-refractivity contribution in [1.29, 1.82) is 0 Å². The first-order valence-corrected chi connectivity index (χ1v) is 10.5. The van der Waals surface area contributed by atoms with Crippen LogP contribution in [0.15, 0.2) is 66.7 Å². The van der Waals surface area contributed by atoms with E-state index in [0.29, 0.717) is 17.3 Å². The first-order valence-electron chi connectivity index (χ1n) is 10.5. The van der Waals surface area contributed by atoms with Crippen molar-refractivity contribution in [2.24, 2.45) is 5.41 Å². The molecule has 3 aromatic carbocycles. The molecule has 0 heterocycles. The molecule has 3 atom stereocenters. The van der Waals surface area contributed by atoms with Gasteiger partial charge in [0, 0.05) is 0 Å². The maximum Gasteiger partial charge on any atom is 0.123 e. The molecule has 2 aliphatic rings. The number of rotatable bonds is 2. The largest absolute Gasteiger partial charge is 0.207 e. The molecule has 0 amide bonds. The Bertz CT molecular complexity index is 942. The molecule has 3 unspecified atom stereocenters. The molecule has 27 heavy (non-hydrogen) atoms. The highest BCUT2D eigenvalue weighted by molar-refractivity contribution is 5.83. The Balaban J connectivity index is 1.36. The predicted octanol–water partition coefficient (Wildman–Crippen LogP) is 7.59. The molecule has 3 aromatic rings. The zero-order valence-corrected chi connectivity index (χ0v) is 15.8. The third-order valence-electron chi connectivity index (χ3n) is 7.23. The average Bonchev–Trinajstić information content (AvgIpc) is 3.11. The molecule has 2 saturated carbocycles. The van der Waals surface area contributed by atoms with Gasteiger partial charge in [0.2, 0.25) is 0 Å². The Morgan fingerprint density at radius 2 is 1.41 bits per heavy atom. The van der Waals surface area contributed by atoms with Gasteiger partial charge in [0.25, 0.3) is 0 Å². The maximum absolute atomic E-state index is 13.3. The number of halogens is 1. The molecule has 2 fully saturated rings. The Morgan fingerprint density at radius 1 is 0.704 bits per heavy atom. The van der Waals surface area contributed by atoms with Crippen molar-refractivity contribution in [2.45, 2.75) is 56.8 Å². The van der Waals surface area contributed by atoms with Crippen molar-refractivity contribution in [3.8, 4) is 0 Å². The Labute approximate surface area is 161 Å². The van der Waals surface area contributed by atoms with E-state index in [2.05, 4.69) is 42.5 Å². The van der Waals surface area contributed by atoms with E-state index in [1.807, 2.05) is 12.1 Å². The third-order valence-corrected chi connectivity index (χ3v) is 7.23. The van der Waals surface area contributed by atoms with Crippen molar-refractivity contribution >= 4 is 10.8 Å². The van der Waals surface area contributed by atoms with E-state index in [9.17, 15) is 4.39 Å². The van der Waals surface area contributed by atoms with Crippen LogP contribution in [0.1, 0.15) is 67.9 Å². The van der Waals surface area contributed by atoms with E-state index in [1.54, 1.807) is 12.1 Å². The summed E-state index contributed by atoms with van der Waals surface area (Å²) in [6.45, 7) is 0. The first-order chi connectivity index (χ1) is 13.2. The van der Waals surface area contributed by atoms with Crippen molar-refractivity contribution in [2.75, 3.05) is 0 Å². The molecule has 0 bridgehead atoms. The van der Waals surface area contributed by atoms with Crippen LogP contribution in [0.2, 0.25) is 0 Å². The van der Waals surface area contributed by atoms with Crippen LogP contribution in [0.3, 0.4) is 0 Å². The first kappa shape index (κ1) is 17.0. The van der Waals surface area contributed by atoms with Crippen LogP contribution in [0, 0.1) is 11.2 Å². The maximum atomic E-state index is 13.3. The number of hydrogen-bond acceptors (Lipinski definition) is 0. The average molecular weight is 359 g/mol. The minimum Gasteiger partial charge on any atom is -0.207 e.